The maximum Gasteiger partial charge on any atom is 0.0351 e. The van der Waals surface area contributed by atoms with Crippen molar-refractivity contribution in [2.45, 2.75) is 11.8 Å². The molecule has 58 valence electrons. The summed E-state index contributed by atoms with van der Waals surface area (Å²) in [5.41, 5.74) is 2.15. The Morgan fingerprint density at radius 1 is 1.36 bits per heavy atom. The van der Waals surface area contributed by atoms with Gasteiger partial charge in [0.05, 0.1) is 0 Å². The highest BCUT2D eigenvalue weighted by molar-refractivity contribution is 7.93. The van der Waals surface area contributed by atoms with Crippen LogP contribution in [0.4, 0.5) is 0 Å². The Bertz CT molecular complexity index is 251. The molecule has 0 aliphatic carbocycles. The van der Waals surface area contributed by atoms with E-state index >= 15 is 0 Å². The lowest BCUT2D eigenvalue weighted by molar-refractivity contribution is 0.664. The molecule has 1 nitrogen and oxygen atoms in total. The molecule has 11 heavy (non-hydrogen) atoms. The van der Waals surface area contributed by atoms with Crippen molar-refractivity contribution < 1.29 is 4.55 Å². The minimum absolute atomic E-state index is 0.760. The van der Waals surface area contributed by atoms with Crippen LogP contribution in [-0.4, -0.2) is 4.55 Å². The fraction of sp³-hybridized carbons (Fsp3) is 0.111. The van der Waals surface area contributed by atoms with Crippen LogP contribution >= 0.6 is 12.0 Å². The van der Waals surface area contributed by atoms with Gasteiger partial charge in [-0.2, -0.15) is 0 Å². The first-order chi connectivity index (χ1) is 5.24. The minimum Gasteiger partial charge on any atom is -0.325 e. The summed E-state index contributed by atoms with van der Waals surface area (Å²) in [7, 11) is 0. The van der Waals surface area contributed by atoms with E-state index in [-0.39, 0.29) is 0 Å². The van der Waals surface area contributed by atoms with Gasteiger partial charge in [-0.25, -0.2) is 0 Å². The molecule has 2 heteroatoms. The van der Waals surface area contributed by atoms with Crippen LogP contribution < -0.4 is 0 Å². The lowest BCUT2D eigenvalue weighted by atomic mass is 10.1. The van der Waals surface area contributed by atoms with Crippen molar-refractivity contribution >= 4 is 17.6 Å². The monoisotopic (exact) mass is 166 g/mol. The molecule has 0 saturated heterocycles. The molecule has 0 heterocycles. The van der Waals surface area contributed by atoms with E-state index < -0.39 is 0 Å². The lowest BCUT2D eigenvalue weighted by Gasteiger charge is -1.99. The van der Waals surface area contributed by atoms with Crippen LogP contribution in [0.2, 0.25) is 0 Å². The van der Waals surface area contributed by atoms with Crippen molar-refractivity contribution in [3.05, 3.63) is 36.4 Å². The predicted molar refractivity (Wildman–Crippen MR) is 49.6 cm³/mol. The zero-order valence-electron chi connectivity index (χ0n) is 6.37. The SMILES string of the molecule is C=C(C)c1ccc(SO)cc1. The van der Waals surface area contributed by atoms with Gasteiger partial charge in [-0.05, 0) is 24.6 Å². The van der Waals surface area contributed by atoms with Gasteiger partial charge in [0.2, 0.25) is 0 Å². The number of allylic oxidation sites excluding steroid dienone is 1. The fourth-order valence-electron chi connectivity index (χ4n) is 0.800. The number of hydrogen-bond donors (Lipinski definition) is 1. The van der Waals surface area contributed by atoms with Crippen molar-refractivity contribution in [2.75, 3.05) is 0 Å². The molecule has 0 aliphatic rings. The second-order valence-electron chi connectivity index (χ2n) is 2.40. The molecular weight excluding hydrogens is 156 g/mol. The Morgan fingerprint density at radius 3 is 2.27 bits per heavy atom. The molecule has 1 N–H and O–H groups in total. The van der Waals surface area contributed by atoms with Crippen LogP contribution in [0.15, 0.2) is 35.7 Å². The topological polar surface area (TPSA) is 20.2 Å². The van der Waals surface area contributed by atoms with E-state index in [9.17, 15) is 0 Å². The molecular formula is C9H10OS. The van der Waals surface area contributed by atoms with Gasteiger partial charge in [0.1, 0.15) is 0 Å². The molecule has 0 aliphatic heterocycles. The smallest absolute Gasteiger partial charge is 0.0351 e. The highest BCUT2D eigenvalue weighted by Gasteiger charge is 1.93. The fourth-order valence-corrected chi connectivity index (χ4v) is 1.06. The molecule has 0 bridgehead atoms. The molecule has 0 unspecified atom stereocenters. The van der Waals surface area contributed by atoms with E-state index in [2.05, 4.69) is 6.58 Å². The van der Waals surface area contributed by atoms with Crippen molar-refractivity contribution in [3.8, 4) is 0 Å². The molecule has 1 rings (SSSR count). The zero-order valence-corrected chi connectivity index (χ0v) is 7.19. The van der Waals surface area contributed by atoms with Crippen molar-refractivity contribution in [1.82, 2.24) is 0 Å². The van der Waals surface area contributed by atoms with Gasteiger partial charge in [-0.1, -0.05) is 24.3 Å². The summed E-state index contributed by atoms with van der Waals surface area (Å²) >= 11 is 0.760. The average Bonchev–Trinajstić information content (AvgIpc) is 2.05. The van der Waals surface area contributed by atoms with Crippen molar-refractivity contribution in [2.24, 2.45) is 0 Å². The third-order valence-corrected chi connectivity index (χ3v) is 1.94. The van der Waals surface area contributed by atoms with Gasteiger partial charge in [-0.15, -0.1) is 0 Å². The molecule has 0 amide bonds. The maximum atomic E-state index is 8.66. The first-order valence-electron chi connectivity index (χ1n) is 3.31. The molecule has 0 aromatic heterocycles. The van der Waals surface area contributed by atoms with E-state index in [4.69, 9.17) is 4.55 Å². The van der Waals surface area contributed by atoms with Crippen LogP contribution in [0.1, 0.15) is 12.5 Å². The Balaban J connectivity index is 2.91. The summed E-state index contributed by atoms with van der Waals surface area (Å²) < 4.78 is 8.66. The Morgan fingerprint density at radius 2 is 1.91 bits per heavy atom. The van der Waals surface area contributed by atoms with Crippen LogP contribution in [0, 0.1) is 0 Å². The average molecular weight is 166 g/mol. The van der Waals surface area contributed by atoms with Gasteiger partial charge in [0, 0.05) is 16.9 Å². The summed E-state index contributed by atoms with van der Waals surface area (Å²) in [6.45, 7) is 5.77. The van der Waals surface area contributed by atoms with E-state index in [0.29, 0.717) is 0 Å². The maximum absolute atomic E-state index is 8.66. The van der Waals surface area contributed by atoms with E-state index in [1.54, 1.807) is 0 Å². The summed E-state index contributed by atoms with van der Waals surface area (Å²) in [5, 5.41) is 0. The largest absolute Gasteiger partial charge is 0.325 e. The Labute approximate surface area is 71.0 Å². The summed E-state index contributed by atoms with van der Waals surface area (Å²) in [4.78, 5) is 0.856. The first kappa shape index (κ1) is 8.37. The molecule has 0 saturated carbocycles. The van der Waals surface area contributed by atoms with Crippen molar-refractivity contribution in [1.29, 1.82) is 0 Å². The Kier molecular flexibility index (Phi) is 2.74. The van der Waals surface area contributed by atoms with Gasteiger partial charge >= 0.3 is 0 Å². The molecule has 0 radical (unpaired) electrons. The van der Waals surface area contributed by atoms with Crippen LogP contribution in [0.3, 0.4) is 0 Å². The third-order valence-electron chi connectivity index (χ3n) is 1.45. The third kappa shape index (κ3) is 2.10. The predicted octanol–water partition coefficient (Wildman–Crippen LogP) is 3.28. The molecule has 1 aromatic rings. The minimum atomic E-state index is 0.760. The number of rotatable bonds is 2. The van der Waals surface area contributed by atoms with E-state index in [1.807, 2.05) is 31.2 Å². The Hall–Kier alpha value is -0.730. The summed E-state index contributed by atoms with van der Waals surface area (Å²) in [5.74, 6) is 0. The van der Waals surface area contributed by atoms with Crippen LogP contribution in [-0.2, 0) is 0 Å². The standard InChI is InChI=1S/C9H10OS/c1-7(2)8-3-5-9(11-10)6-4-8/h3-6,10H,1H2,2H3. The highest BCUT2D eigenvalue weighted by Crippen LogP contribution is 2.17. The van der Waals surface area contributed by atoms with E-state index in [0.717, 1.165) is 28.1 Å². The van der Waals surface area contributed by atoms with Gasteiger partial charge < -0.3 is 4.55 Å². The molecule has 0 fully saturated rings. The number of benzene rings is 1. The lowest BCUT2D eigenvalue weighted by Crippen LogP contribution is -1.76. The second kappa shape index (κ2) is 3.60. The van der Waals surface area contributed by atoms with Gasteiger partial charge in [0.15, 0.2) is 0 Å². The molecule has 1 aromatic carbocycles. The molecule has 0 atom stereocenters. The highest BCUT2D eigenvalue weighted by atomic mass is 32.2. The quantitative estimate of drug-likeness (QED) is 0.680. The molecule has 0 spiro atoms. The van der Waals surface area contributed by atoms with Gasteiger partial charge in [-0.3, -0.25) is 0 Å². The zero-order chi connectivity index (χ0) is 8.27. The van der Waals surface area contributed by atoms with Gasteiger partial charge in [0.25, 0.3) is 0 Å². The second-order valence-corrected chi connectivity index (χ2v) is 3.05. The van der Waals surface area contributed by atoms with Crippen molar-refractivity contribution in [3.63, 3.8) is 0 Å². The first-order valence-corrected chi connectivity index (χ1v) is 4.09. The number of hydrogen-bond acceptors (Lipinski definition) is 2. The van der Waals surface area contributed by atoms with Crippen LogP contribution in [0.5, 0.6) is 0 Å². The summed E-state index contributed by atoms with van der Waals surface area (Å²) in [6, 6.07) is 7.63. The van der Waals surface area contributed by atoms with E-state index in [1.165, 1.54) is 0 Å². The van der Waals surface area contributed by atoms with Crippen LogP contribution in [0.25, 0.3) is 5.57 Å². The summed E-state index contributed by atoms with van der Waals surface area (Å²) in [6.07, 6.45) is 0. The normalized spacial score (nSPS) is 9.64.